The summed E-state index contributed by atoms with van der Waals surface area (Å²) >= 11 is 1.50. The minimum atomic E-state index is -3.23. The third-order valence-electron chi connectivity index (χ3n) is 6.42. The van der Waals surface area contributed by atoms with Crippen LogP contribution in [0.2, 0.25) is 0 Å². The van der Waals surface area contributed by atoms with Gasteiger partial charge in [-0.2, -0.15) is 0 Å². The normalized spacial score (nSPS) is 19.7. The van der Waals surface area contributed by atoms with E-state index in [1.807, 2.05) is 19.1 Å². The van der Waals surface area contributed by atoms with Crippen LogP contribution in [0.25, 0.3) is 10.4 Å². The highest BCUT2D eigenvalue weighted by molar-refractivity contribution is 7.93. The van der Waals surface area contributed by atoms with Crippen LogP contribution in [0.5, 0.6) is 0 Å². The number of carbonyl (C=O) groups is 1. The summed E-state index contributed by atoms with van der Waals surface area (Å²) in [6.45, 7) is 2.53. The summed E-state index contributed by atoms with van der Waals surface area (Å²) in [6, 6.07) is 6.04. The maximum absolute atomic E-state index is 12.8. The smallest absolute Gasteiger partial charge is 0.238 e. The number of nitrogens with one attached hydrogen (secondary N) is 1. The van der Waals surface area contributed by atoms with Crippen LogP contribution in [0.4, 0.5) is 10.8 Å². The number of nitrogens with zero attached hydrogens (tertiary/aromatic N) is 2. The van der Waals surface area contributed by atoms with Crippen molar-refractivity contribution in [1.82, 2.24) is 4.98 Å². The lowest BCUT2D eigenvalue weighted by molar-refractivity contribution is -0.119. The SMILES string of the molecule is Cc1nc(NC(=O)C2CCCC2)sc1-c1ccc2c(c1)CCCN2S(=O)(=O)C1CC1. The van der Waals surface area contributed by atoms with E-state index in [0.29, 0.717) is 11.7 Å². The number of hydrogen-bond acceptors (Lipinski definition) is 5. The molecular formula is C22H27N3O3S2. The largest absolute Gasteiger partial charge is 0.302 e. The van der Waals surface area contributed by atoms with Crippen molar-refractivity contribution in [3.8, 4) is 10.4 Å². The second-order valence-corrected chi connectivity index (χ2v) is 11.8. The van der Waals surface area contributed by atoms with Gasteiger partial charge in [0.05, 0.1) is 21.5 Å². The molecule has 1 aliphatic heterocycles. The predicted molar refractivity (Wildman–Crippen MR) is 120 cm³/mol. The first-order chi connectivity index (χ1) is 14.4. The van der Waals surface area contributed by atoms with Crippen LogP contribution in [-0.2, 0) is 21.2 Å². The van der Waals surface area contributed by atoms with Crippen molar-refractivity contribution < 1.29 is 13.2 Å². The van der Waals surface area contributed by atoms with E-state index in [1.54, 1.807) is 4.31 Å². The lowest BCUT2D eigenvalue weighted by Gasteiger charge is -2.31. The van der Waals surface area contributed by atoms with Crippen LogP contribution < -0.4 is 9.62 Å². The van der Waals surface area contributed by atoms with Crippen molar-refractivity contribution in [1.29, 1.82) is 0 Å². The Balaban J connectivity index is 1.40. The third kappa shape index (κ3) is 3.64. The Morgan fingerprint density at radius 3 is 2.67 bits per heavy atom. The van der Waals surface area contributed by atoms with Gasteiger partial charge in [-0.15, -0.1) is 0 Å². The third-order valence-corrected chi connectivity index (χ3v) is 9.85. The summed E-state index contributed by atoms with van der Waals surface area (Å²) in [5, 5.41) is 3.46. The fourth-order valence-corrected chi connectivity index (χ4v) is 7.52. The van der Waals surface area contributed by atoms with Crippen molar-refractivity contribution in [2.75, 3.05) is 16.2 Å². The topological polar surface area (TPSA) is 79.4 Å². The first-order valence-electron chi connectivity index (χ1n) is 10.9. The lowest BCUT2D eigenvalue weighted by Crippen LogP contribution is -2.37. The number of fused-ring (bicyclic) bond motifs is 1. The van der Waals surface area contributed by atoms with Crippen molar-refractivity contribution in [2.24, 2.45) is 5.92 Å². The minimum Gasteiger partial charge on any atom is -0.302 e. The monoisotopic (exact) mass is 445 g/mol. The molecule has 0 radical (unpaired) electrons. The van der Waals surface area contributed by atoms with Crippen LogP contribution in [-0.4, -0.2) is 31.1 Å². The Morgan fingerprint density at radius 2 is 1.93 bits per heavy atom. The van der Waals surface area contributed by atoms with Crippen LogP contribution in [0.1, 0.15) is 56.2 Å². The second-order valence-electron chi connectivity index (χ2n) is 8.67. The average Bonchev–Trinajstić information content (AvgIpc) is 3.34. The first kappa shape index (κ1) is 20.0. The number of hydrogen-bond donors (Lipinski definition) is 1. The molecule has 0 unspecified atom stereocenters. The van der Waals surface area contributed by atoms with Gasteiger partial charge in [0, 0.05) is 12.5 Å². The number of aromatic nitrogens is 1. The standard InChI is InChI=1S/C22H27N3O3S2/c1-14-20(29-22(23-14)24-21(26)15-5-2-3-6-15)17-8-11-19-16(13-17)7-4-12-25(19)30(27,28)18-9-10-18/h8,11,13,15,18H,2-7,9-10,12H2,1H3,(H,23,24,26). The molecule has 2 aliphatic carbocycles. The maximum atomic E-state index is 12.8. The number of aryl methyl sites for hydroxylation is 2. The molecule has 1 aromatic carbocycles. The van der Waals surface area contributed by atoms with Crippen LogP contribution in [0.3, 0.4) is 0 Å². The summed E-state index contributed by atoms with van der Waals surface area (Å²) in [5.74, 6) is 0.194. The minimum absolute atomic E-state index is 0.0826. The second kappa shape index (κ2) is 7.64. The molecule has 2 saturated carbocycles. The highest BCUT2D eigenvalue weighted by Crippen LogP contribution is 2.40. The molecule has 0 atom stereocenters. The van der Waals surface area contributed by atoms with Crippen molar-refractivity contribution in [3.05, 3.63) is 29.5 Å². The molecule has 8 heteroatoms. The maximum Gasteiger partial charge on any atom is 0.238 e. The zero-order valence-electron chi connectivity index (χ0n) is 17.2. The molecule has 30 heavy (non-hydrogen) atoms. The van der Waals surface area contributed by atoms with E-state index in [1.165, 1.54) is 11.3 Å². The highest BCUT2D eigenvalue weighted by atomic mass is 32.2. The fraction of sp³-hybridized carbons (Fsp3) is 0.545. The van der Waals surface area contributed by atoms with E-state index in [4.69, 9.17) is 0 Å². The molecule has 5 rings (SSSR count). The van der Waals surface area contributed by atoms with Crippen LogP contribution in [0.15, 0.2) is 18.2 Å². The quantitative estimate of drug-likeness (QED) is 0.735. The molecule has 1 N–H and O–H groups in total. The number of sulfonamides is 1. The molecule has 1 aromatic heterocycles. The van der Waals surface area contributed by atoms with E-state index in [-0.39, 0.29) is 17.1 Å². The van der Waals surface area contributed by atoms with E-state index in [2.05, 4.69) is 16.4 Å². The van der Waals surface area contributed by atoms with E-state index >= 15 is 0 Å². The lowest BCUT2D eigenvalue weighted by atomic mass is 10.00. The molecule has 2 aromatic rings. The van der Waals surface area contributed by atoms with E-state index < -0.39 is 10.0 Å². The van der Waals surface area contributed by atoms with Gasteiger partial charge in [-0.25, -0.2) is 13.4 Å². The molecule has 2 fully saturated rings. The van der Waals surface area contributed by atoms with Crippen LogP contribution >= 0.6 is 11.3 Å². The van der Waals surface area contributed by atoms with Gasteiger partial charge in [-0.05, 0) is 68.7 Å². The molecule has 6 nitrogen and oxygen atoms in total. The molecule has 1 amide bonds. The Morgan fingerprint density at radius 1 is 1.17 bits per heavy atom. The van der Waals surface area contributed by atoms with Gasteiger partial charge in [-0.3, -0.25) is 9.10 Å². The number of rotatable bonds is 5. The molecular weight excluding hydrogens is 418 g/mol. The van der Waals surface area contributed by atoms with Gasteiger partial charge in [0.1, 0.15) is 0 Å². The summed E-state index contributed by atoms with van der Waals surface area (Å²) < 4.78 is 27.2. The Bertz CT molecular complexity index is 1080. The number of anilines is 2. The van der Waals surface area contributed by atoms with Gasteiger partial charge in [0.25, 0.3) is 0 Å². The number of thiazole rings is 1. The number of benzene rings is 1. The van der Waals surface area contributed by atoms with Crippen molar-refractivity contribution in [2.45, 2.75) is 63.5 Å². The van der Waals surface area contributed by atoms with Gasteiger partial charge >= 0.3 is 0 Å². The summed E-state index contributed by atoms with van der Waals surface area (Å²) in [6.07, 6.45) is 7.47. The van der Waals surface area contributed by atoms with Crippen molar-refractivity contribution in [3.63, 3.8) is 0 Å². The highest BCUT2D eigenvalue weighted by Gasteiger charge is 2.41. The van der Waals surface area contributed by atoms with Crippen LogP contribution in [0, 0.1) is 12.8 Å². The van der Waals surface area contributed by atoms with Gasteiger partial charge in [0.2, 0.25) is 15.9 Å². The molecule has 160 valence electrons. The molecule has 0 bridgehead atoms. The molecule has 2 heterocycles. The molecule has 0 saturated heterocycles. The Kier molecular flexibility index (Phi) is 5.09. The molecule has 0 spiro atoms. The molecule has 3 aliphatic rings. The summed E-state index contributed by atoms with van der Waals surface area (Å²) in [5.41, 5.74) is 3.83. The zero-order valence-corrected chi connectivity index (χ0v) is 18.8. The fourth-order valence-electron chi connectivity index (χ4n) is 4.63. The summed E-state index contributed by atoms with van der Waals surface area (Å²) in [7, 11) is -3.23. The van der Waals surface area contributed by atoms with Crippen molar-refractivity contribution >= 4 is 38.1 Å². The average molecular weight is 446 g/mol. The number of amides is 1. The van der Waals surface area contributed by atoms with E-state index in [9.17, 15) is 13.2 Å². The Labute approximate surface area is 181 Å². The Hall–Kier alpha value is -1.93. The first-order valence-corrected chi connectivity index (χ1v) is 13.2. The predicted octanol–water partition coefficient (Wildman–Crippen LogP) is 4.49. The van der Waals surface area contributed by atoms with E-state index in [0.717, 1.165) is 78.8 Å². The summed E-state index contributed by atoms with van der Waals surface area (Å²) in [4.78, 5) is 18.1. The van der Waals surface area contributed by atoms with Gasteiger partial charge in [-0.1, -0.05) is 30.2 Å². The van der Waals surface area contributed by atoms with Gasteiger partial charge in [0.15, 0.2) is 5.13 Å². The number of carbonyl (C=O) groups excluding carboxylic acids is 1. The zero-order chi connectivity index (χ0) is 20.9. The van der Waals surface area contributed by atoms with Gasteiger partial charge < -0.3 is 5.32 Å².